The first-order valence-corrected chi connectivity index (χ1v) is 7.01. The van der Waals surface area contributed by atoms with E-state index in [2.05, 4.69) is 5.32 Å². The van der Waals surface area contributed by atoms with Gasteiger partial charge in [0.25, 0.3) is 5.91 Å². The van der Waals surface area contributed by atoms with Gasteiger partial charge in [0.1, 0.15) is 17.5 Å². The number of aryl methyl sites for hydroxylation is 1. The van der Waals surface area contributed by atoms with E-state index in [9.17, 15) is 22.8 Å². The van der Waals surface area contributed by atoms with Gasteiger partial charge in [-0.05, 0) is 43.7 Å². The number of rotatable bonds is 4. The van der Waals surface area contributed by atoms with Crippen LogP contribution in [0.4, 0.5) is 18.9 Å². The van der Waals surface area contributed by atoms with Crippen molar-refractivity contribution in [3.05, 3.63) is 65.0 Å². The molecule has 1 N–H and O–H groups in total. The van der Waals surface area contributed by atoms with Gasteiger partial charge in [-0.15, -0.1) is 0 Å². The molecule has 2 aromatic carbocycles. The standard InChI is InChI=1S/C17H14F3NO3/c1-9-3-4-11(7-14(9)20)17(23)24-10(2)16(22)21-15-8-12(18)5-6-13(15)19/h3-8,10H,1-2H3,(H,21,22)/t10-/m0/s1. The number of halogens is 3. The highest BCUT2D eigenvalue weighted by molar-refractivity contribution is 5.97. The molecule has 126 valence electrons. The minimum absolute atomic E-state index is 0.0605. The molecule has 0 spiro atoms. The van der Waals surface area contributed by atoms with Crippen molar-refractivity contribution < 1.29 is 27.5 Å². The largest absolute Gasteiger partial charge is 0.449 e. The molecule has 0 fully saturated rings. The van der Waals surface area contributed by atoms with Gasteiger partial charge in [0, 0.05) is 6.07 Å². The lowest BCUT2D eigenvalue weighted by Gasteiger charge is -2.14. The molecular formula is C17H14F3NO3. The zero-order valence-electron chi connectivity index (χ0n) is 12.9. The number of hydrogen-bond acceptors (Lipinski definition) is 3. The predicted octanol–water partition coefficient (Wildman–Crippen LogP) is 3.60. The van der Waals surface area contributed by atoms with Crippen molar-refractivity contribution in [1.29, 1.82) is 0 Å². The number of esters is 1. The molecule has 0 saturated carbocycles. The van der Waals surface area contributed by atoms with Gasteiger partial charge >= 0.3 is 5.97 Å². The Balaban J connectivity index is 2.04. The lowest BCUT2D eigenvalue weighted by molar-refractivity contribution is -0.123. The highest BCUT2D eigenvalue weighted by Crippen LogP contribution is 2.16. The van der Waals surface area contributed by atoms with Crippen molar-refractivity contribution in [1.82, 2.24) is 0 Å². The van der Waals surface area contributed by atoms with E-state index in [1.54, 1.807) is 0 Å². The fourth-order valence-corrected chi connectivity index (χ4v) is 1.83. The monoisotopic (exact) mass is 337 g/mol. The first-order chi connectivity index (χ1) is 11.3. The molecule has 7 heteroatoms. The lowest BCUT2D eigenvalue weighted by atomic mass is 10.1. The molecule has 0 bridgehead atoms. The number of benzene rings is 2. The maximum Gasteiger partial charge on any atom is 0.339 e. The molecule has 1 amide bonds. The van der Waals surface area contributed by atoms with Crippen LogP contribution in [0.25, 0.3) is 0 Å². The summed E-state index contributed by atoms with van der Waals surface area (Å²) in [5.41, 5.74) is -0.0714. The summed E-state index contributed by atoms with van der Waals surface area (Å²) in [7, 11) is 0. The van der Waals surface area contributed by atoms with Gasteiger partial charge in [-0.2, -0.15) is 0 Å². The molecule has 0 saturated heterocycles. The molecule has 0 heterocycles. The molecule has 2 aromatic rings. The number of nitrogens with one attached hydrogen (secondary N) is 1. The Hall–Kier alpha value is -2.83. The maximum absolute atomic E-state index is 13.5. The second-order valence-electron chi connectivity index (χ2n) is 5.12. The summed E-state index contributed by atoms with van der Waals surface area (Å²) in [6.07, 6.45) is -1.29. The lowest BCUT2D eigenvalue weighted by Crippen LogP contribution is -2.30. The predicted molar refractivity (Wildman–Crippen MR) is 81.0 cm³/mol. The molecule has 0 aliphatic carbocycles. The first-order valence-electron chi connectivity index (χ1n) is 7.01. The van der Waals surface area contributed by atoms with Crippen LogP contribution in [0.3, 0.4) is 0 Å². The third-order valence-corrected chi connectivity index (χ3v) is 3.25. The zero-order chi connectivity index (χ0) is 17.9. The van der Waals surface area contributed by atoms with E-state index in [4.69, 9.17) is 4.74 Å². The second kappa shape index (κ2) is 7.16. The average Bonchev–Trinajstić information content (AvgIpc) is 2.53. The van der Waals surface area contributed by atoms with Crippen molar-refractivity contribution in [2.75, 3.05) is 5.32 Å². The summed E-state index contributed by atoms with van der Waals surface area (Å²) in [5, 5.41) is 2.12. The van der Waals surface area contributed by atoms with Crippen LogP contribution in [0.5, 0.6) is 0 Å². The molecule has 4 nitrogen and oxygen atoms in total. The Morgan fingerprint density at radius 1 is 1.04 bits per heavy atom. The number of ether oxygens (including phenoxy) is 1. The Bertz CT molecular complexity index is 793. The van der Waals surface area contributed by atoms with E-state index in [0.29, 0.717) is 5.56 Å². The number of hydrogen-bond donors (Lipinski definition) is 1. The molecule has 0 aromatic heterocycles. The smallest absolute Gasteiger partial charge is 0.339 e. The summed E-state index contributed by atoms with van der Waals surface area (Å²) in [5.74, 6) is -3.89. The highest BCUT2D eigenvalue weighted by Gasteiger charge is 2.20. The number of anilines is 1. The van der Waals surface area contributed by atoms with Crippen molar-refractivity contribution in [3.8, 4) is 0 Å². The third kappa shape index (κ3) is 4.13. The number of carbonyl (C=O) groups excluding carboxylic acids is 2. The third-order valence-electron chi connectivity index (χ3n) is 3.25. The normalized spacial score (nSPS) is 11.7. The molecule has 2 rings (SSSR count). The van der Waals surface area contributed by atoms with Gasteiger partial charge in [0.2, 0.25) is 0 Å². The van der Waals surface area contributed by atoms with Crippen LogP contribution in [-0.4, -0.2) is 18.0 Å². The van der Waals surface area contributed by atoms with Gasteiger partial charge in [-0.3, -0.25) is 4.79 Å². The van der Waals surface area contributed by atoms with Gasteiger partial charge in [0.15, 0.2) is 6.10 Å². The quantitative estimate of drug-likeness (QED) is 0.868. The molecule has 0 unspecified atom stereocenters. The Morgan fingerprint density at radius 3 is 2.42 bits per heavy atom. The fourth-order valence-electron chi connectivity index (χ4n) is 1.83. The highest BCUT2D eigenvalue weighted by atomic mass is 19.1. The number of amides is 1. The van der Waals surface area contributed by atoms with Crippen molar-refractivity contribution in [3.63, 3.8) is 0 Å². The van der Waals surface area contributed by atoms with Crippen molar-refractivity contribution >= 4 is 17.6 Å². The molecule has 0 aliphatic rings. The van der Waals surface area contributed by atoms with E-state index < -0.39 is 35.4 Å². The maximum atomic E-state index is 13.5. The van der Waals surface area contributed by atoms with Crippen molar-refractivity contribution in [2.24, 2.45) is 0 Å². The summed E-state index contributed by atoms with van der Waals surface area (Å²) in [6, 6.07) is 6.32. The molecule has 0 aliphatic heterocycles. The fraction of sp³-hybridized carbons (Fsp3) is 0.176. The second-order valence-corrected chi connectivity index (χ2v) is 5.12. The van der Waals surface area contributed by atoms with E-state index >= 15 is 0 Å². The van der Waals surface area contributed by atoms with Crippen LogP contribution in [0.2, 0.25) is 0 Å². The van der Waals surface area contributed by atoms with Crippen LogP contribution < -0.4 is 5.32 Å². The van der Waals surface area contributed by atoms with Crippen LogP contribution in [0.15, 0.2) is 36.4 Å². The van der Waals surface area contributed by atoms with E-state index in [0.717, 1.165) is 24.3 Å². The van der Waals surface area contributed by atoms with Gasteiger partial charge in [0.05, 0.1) is 11.3 Å². The Kier molecular flexibility index (Phi) is 5.23. The van der Waals surface area contributed by atoms with Gasteiger partial charge in [-0.25, -0.2) is 18.0 Å². The molecule has 1 atom stereocenters. The van der Waals surface area contributed by atoms with Gasteiger partial charge in [-0.1, -0.05) is 6.07 Å². The van der Waals surface area contributed by atoms with E-state index in [-0.39, 0.29) is 11.3 Å². The first kappa shape index (κ1) is 17.5. The molecular weight excluding hydrogens is 323 g/mol. The van der Waals surface area contributed by atoms with E-state index in [1.165, 1.54) is 26.0 Å². The Labute approximate surface area is 136 Å². The Morgan fingerprint density at radius 2 is 1.75 bits per heavy atom. The summed E-state index contributed by atoms with van der Waals surface area (Å²) < 4.78 is 44.9. The van der Waals surface area contributed by atoms with Crippen LogP contribution in [-0.2, 0) is 9.53 Å². The summed E-state index contributed by atoms with van der Waals surface area (Å²) in [6.45, 7) is 2.79. The molecule has 24 heavy (non-hydrogen) atoms. The summed E-state index contributed by atoms with van der Waals surface area (Å²) >= 11 is 0. The summed E-state index contributed by atoms with van der Waals surface area (Å²) in [4.78, 5) is 23.8. The van der Waals surface area contributed by atoms with E-state index in [1.807, 2.05) is 0 Å². The van der Waals surface area contributed by atoms with Crippen LogP contribution >= 0.6 is 0 Å². The number of carbonyl (C=O) groups is 2. The van der Waals surface area contributed by atoms with Gasteiger partial charge < -0.3 is 10.1 Å². The van der Waals surface area contributed by atoms with Crippen LogP contribution in [0.1, 0.15) is 22.8 Å². The minimum atomic E-state index is -1.29. The zero-order valence-corrected chi connectivity index (χ0v) is 12.9. The minimum Gasteiger partial charge on any atom is -0.449 e. The SMILES string of the molecule is Cc1ccc(C(=O)O[C@@H](C)C(=O)Nc2cc(F)ccc2F)cc1F. The topological polar surface area (TPSA) is 55.4 Å². The van der Waals surface area contributed by atoms with Crippen molar-refractivity contribution in [2.45, 2.75) is 20.0 Å². The molecule has 0 radical (unpaired) electrons. The van der Waals surface area contributed by atoms with Crippen LogP contribution in [0, 0.1) is 24.4 Å². The average molecular weight is 337 g/mol.